The highest BCUT2D eigenvalue weighted by molar-refractivity contribution is 6.32. The third-order valence-electron chi connectivity index (χ3n) is 3.18. The summed E-state index contributed by atoms with van der Waals surface area (Å²) in [5, 5.41) is 3.32. The standard InChI is InChI=1S/C16H25ClN2O2/c1-10(2)7-8-19-16(20)12(4)21-15-6-5-13(11(3)18)9-14(15)17/h5-6,9-12H,7-8,18H2,1-4H3,(H,19,20)/t11-,12?/m1/s1. The molecule has 0 heterocycles. The zero-order valence-corrected chi connectivity index (χ0v) is 13.9. The monoisotopic (exact) mass is 312 g/mol. The van der Waals surface area contributed by atoms with Crippen LogP contribution in [0.4, 0.5) is 0 Å². The number of hydrogen-bond donors (Lipinski definition) is 2. The fourth-order valence-corrected chi connectivity index (χ4v) is 2.00. The van der Waals surface area contributed by atoms with E-state index in [1.165, 1.54) is 0 Å². The van der Waals surface area contributed by atoms with Crippen molar-refractivity contribution in [3.8, 4) is 5.75 Å². The lowest BCUT2D eigenvalue weighted by Crippen LogP contribution is -2.37. The molecule has 0 bridgehead atoms. The number of carbonyl (C=O) groups excluding carboxylic acids is 1. The van der Waals surface area contributed by atoms with Crippen molar-refractivity contribution < 1.29 is 9.53 Å². The quantitative estimate of drug-likeness (QED) is 0.812. The van der Waals surface area contributed by atoms with Gasteiger partial charge in [0.25, 0.3) is 5.91 Å². The van der Waals surface area contributed by atoms with Gasteiger partial charge in [-0.2, -0.15) is 0 Å². The predicted octanol–water partition coefficient (Wildman–Crippen LogP) is 3.29. The first-order valence-electron chi connectivity index (χ1n) is 7.30. The fourth-order valence-electron chi connectivity index (χ4n) is 1.77. The van der Waals surface area contributed by atoms with Crippen molar-refractivity contribution in [3.63, 3.8) is 0 Å². The molecule has 0 aliphatic heterocycles. The van der Waals surface area contributed by atoms with E-state index < -0.39 is 6.10 Å². The summed E-state index contributed by atoms with van der Waals surface area (Å²) in [7, 11) is 0. The van der Waals surface area contributed by atoms with Gasteiger partial charge in [-0.05, 0) is 43.9 Å². The second kappa shape index (κ2) is 8.25. The molecule has 1 aromatic carbocycles. The number of amides is 1. The molecule has 0 saturated heterocycles. The van der Waals surface area contributed by atoms with E-state index in [0.29, 0.717) is 23.2 Å². The first-order valence-corrected chi connectivity index (χ1v) is 7.68. The largest absolute Gasteiger partial charge is 0.479 e. The minimum atomic E-state index is -0.587. The van der Waals surface area contributed by atoms with Gasteiger partial charge in [-0.15, -0.1) is 0 Å². The number of ether oxygens (including phenoxy) is 1. The Hall–Kier alpha value is -1.26. The highest BCUT2D eigenvalue weighted by Gasteiger charge is 2.16. The zero-order valence-electron chi connectivity index (χ0n) is 13.2. The van der Waals surface area contributed by atoms with Crippen molar-refractivity contribution in [2.45, 2.75) is 46.3 Å². The van der Waals surface area contributed by atoms with Gasteiger partial charge in [-0.3, -0.25) is 4.79 Å². The maximum atomic E-state index is 11.9. The van der Waals surface area contributed by atoms with Gasteiger partial charge in [0.15, 0.2) is 6.10 Å². The molecule has 1 rings (SSSR count). The molecule has 1 amide bonds. The molecule has 5 heteroatoms. The molecule has 3 N–H and O–H groups in total. The molecule has 2 atom stereocenters. The maximum absolute atomic E-state index is 11.9. The van der Waals surface area contributed by atoms with Crippen LogP contribution in [0.3, 0.4) is 0 Å². The summed E-state index contributed by atoms with van der Waals surface area (Å²) in [4.78, 5) is 11.9. The van der Waals surface area contributed by atoms with Crippen molar-refractivity contribution in [1.82, 2.24) is 5.32 Å². The lowest BCUT2D eigenvalue weighted by Gasteiger charge is -2.17. The van der Waals surface area contributed by atoms with E-state index in [1.54, 1.807) is 19.1 Å². The van der Waals surface area contributed by atoms with Crippen LogP contribution in [-0.4, -0.2) is 18.6 Å². The van der Waals surface area contributed by atoms with Crippen LogP contribution in [0, 0.1) is 5.92 Å². The van der Waals surface area contributed by atoms with Crippen LogP contribution in [0.25, 0.3) is 0 Å². The van der Waals surface area contributed by atoms with Crippen molar-refractivity contribution in [3.05, 3.63) is 28.8 Å². The van der Waals surface area contributed by atoms with Crippen molar-refractivity contribution in [1.29, 1.82) is 0 Å². The predicted molar refractivity (Wildman–Crippen MR) is 86.6 cm³/mol. The van der Waals surface area contributed by atoms with Gasteiger partial charge >= 0.3 is 0 Å². The first kappa shape index (κ1) is 17.8. The first-order chi connectivity index (χ1) is 9.81. The fraction of sp³-hybridized carbons (Fsp3) is 0.562. The lowest BCUT2D eigenvalue weighted by atomic mass is 10.1. The van der Waals surface area contributed by atoms with E-state index >= 15 is 0 Å². The molecule has 0 saturated carbocycles. The highest BCUT2D eigenvalue weighted by atomic mass is 35.5. The Morgan fingerprint density at radius 3 is 2.52 bits per heavy atom. The summed E-state index contributed by atoms with van der Waals surface area (Å²) in [6.45, 7) is 8.48. The summed E-state index contributed by atoms with van der Waals surface area (Å²) in [6.07, 6.45) is 0.360. The topological polar surface area (TPSA) is 64.3 Å². The van der Waals surface area contributed by atoms with Gasteiger partial charge in [-0.25, -0.2) is 0 Å². The SMILES string of the molecule is CC(C)CCNC(=O)C(C)Oc1ccc([C@@H](C)N)cc1Cl. The van der Waals surface area contributed by atoms with Gasteiger partial charge in [0.1, 0.15) is 5.75 Å². The van der Waals surface area contributed by atoms with Crippen LogP contribution < -0.4 is 15.8 Å². The maximum Gasteiger partial charge on any atom is 0.260 e. The second-order valence-corrected chi connectivity index (χ2v) is 6.12. The van der Waals surface area contributed by atoms with Gasteiger partial charge in [0.2, 0.25) is 0 Å². The molecule has 21 heavy (non-hydrogen) atoms. The Morgan fingerprint density at radius 2 is 2.00 bits per heavy atom. The van der Waals surface area contributed by atoms with E-state index in [4.69, 9.17) is 22.1 Å². The molecule has 0 aliphatic carbocycles. The normalized spacial score (nSPS) is 13.9. The number of benzene rings is 1. The Balaban J connectivity index is 2.58. The second-order valence-electron chi connectivity index (χ2n) is 5.71. The highest BCUT2D eigenvalue weighted by Crippen LogP contribution is 2.28. The average Bonchev–Trinajstić information content (AvgIpc) is 2.40. The van der Waals surface area contributed by atoms with Gasteiger partial charge in [0.05, 0.1) is 5.02 Å². The van der Waals surface area contributed by atoms with Crippen molar-refractivity contribution >= 4 is 17.5 Å². The van der Waals surface area contributed by atoms with Gasteiger partial charge < -0.3 is 15.8 Å². The van der Waals surface area contributed by atoms with E-state index in [1.807, 2.05) is 13.0 Å². The summed E-state index contributed by atoms with van der Waals surface area (Å²) < 4.78 is 5.61. The molecule has 0 fully saturated rings. The van der Waals surface area contributed by atoms with Crippen LogP contribution in [0.1, 0.15) is 45.7 Å². The van der Waals surface area contributed by atoms with E-state index in [9.17, 15) is 4.79 Å². The Morgan fingerprint density at radius 1 is 1.33 bits per heavy atom. The van der Waals surface area contributed by atoms with Crippen LogP contribution in [-0.2, 0) is 4.79 Å². The van der Waals surface area contributed by atoms with Crippen LogP contribution in [0.2, 0.25) is 5.02 Å². The summed E-state index contributed by atoms with van der Waals surface area (Å²) in [5.41, 5.74) is 6.73. The summed E-state index contributed by atoms with van der Waals surface area (Å²) in [6, 6.07) is 5.28. The van der Waals surface area contributed by atoms with E-state index in [0.717, 1.165) is 12.0 Å². The van der Waals surface area contributed by atoms with Gasteiger partial charge in [-0.1, -0.05) is 31.5 Å². The Bertz CT molecular complexity index is 475. The number of carbonyl (C=O) groups is 1. The molecule has 0 radical (unpaired) electrons. The Kier molecular flexibility index (Phi) is 6.99. The molecular weight excluding hydrogens is 288 g/mol. The molecule has 0 aromatic heterocycles. The van der Waals surface area contributed by atoms with E-state index in [-0.39, 0.29) is 11.9 Å². The number of hydrogen-bond acceptors (Lipinski definition) is 3. The molecule has 1 aromatic rings. The lowest BCUT2D eigenvalue weighted by molar-refractivity contribution is -0.127. The van der Waals surface area contributed by atoms with Gasteiger partial charge in [0, 0.05) is 12.6 Å². The molecule has 0 spiro atoms. The van der Waals surface area contributed by atoms with E-state index in [2.05, 4.69) is 19.2 Å². The molecule has 0 aliphatic rings. The summed E-state index contributed by atoms with van der Waals surface area (Å²) in [5.74, 6) is 0.914. The van der Waals surface area contributed by atoms with Crippen LogP contribution >= 0.6 is 11.6 Å². The average molecular weight is 313 g/mol. The summed E-state index contributed by atoms with van der Waals surface area (Å²) >= 11 is 6.16. The molecule has 118 valence electrons. The molecule has 1 unspecified atom stereocenters. The molecule has 4 nitrogen and oxygen atoms in total. The number of nitrogens with two attached hydrogens (primary N) is 1. The third-order valence-corrected chi connectivity index (χ3v) is 3.47. The van der Waals surface area contributed by atoms with Crippen molar-refractivity contribution in [2.24, 2.45) is 11.7 Å². The number of nitrogens with one attached hydrogen (secondary N) is 1. The zero-order chi connectivity index (χ0) is 16.0. The number of rotatable bonds is 7. The smallest absolute Gasteiger partial charge is 0.260 e. The van der Waals surface area contributed by atoms with Crippen LogP contribution in [0.15, 0.2) is 18.2 Å². The van der Waals surface area contributed by atoms with Crippen molar-refractivity contribution in [2.75, 3.05) is 6.54 Å². The Labute approximate surface area is 132 Å². The minimum absolute atomic E-state index is 0.0895. The molecular formula is C16H25ClN2O2. The number of halogens is 1. The third kappa shape index (κ3) is 5.94. The van der Waals surface area contributed by atoms with Crippen LogP contribution in [0.5, 0.6) is 5.75 Å². The minimum Gasteiger partial charge on any atom is -0.479 e.